The van der Waals surface area contributed by atoms with Crippen molar-refractivity contribution in [2.75, 3.05) is 19.6 Å². The molecule has 2 heterocycles. The quantitative estimate of drug-likeness (QED) is 0.602. The van der Waals surface area contributed by atoms with Gasteiger partial charge in [0.2, 0.25) is 5.91 Å². The molecule has 28 heavy (non-hydrogen) atoms. The van der Waals surface area contributed by atoms with Gasteiger partial charge in [0.15, 0.2) is 11.5 Å². The van der Waals surface area contributed by atoms with Crippen molar-refractivity contribution in [1.82, 2.24) is 20.5 Å². The number of carbonyl (C=O) groups excluding carboxylic acids is 2. The van der Waals surface area contributed by atoms with E-state index in [1.165, 1.54) is 31.2 Å². The summed E-state index contributed by atoms with van der Waals surface area (Å²) in [5.74, 6) is -0.275. The Hall–Kier alpha value is -2.02. The van der Waals surface area contributed by atoms with Crippen molar-refractivity contribution in [3.05, 3.63) is 29.8 Å². The van der Waals surface area contributed by atoms with Crippen LogP contribution in [-0.2, 0) is 4.79 Å². The first kappa shape index (κ1) is 20.7. The van der Waals surface area contributed by atoms with Crippen molar-refractivity contribution >= 4 is 11.8 Å². The summed E-state index contributed by atoms with van der Waals surface area (Å²) in [5.41, 5.74) is -0.166. The maximum absolute atomic E-state index is 13.8. The second kappa shape index (κ2) is 9.96. The van der Waals surface area contributed by atoms with Crippen molar-refractivity contribution in [2.24, 2.45) is 5.92 Å². The topological polar surface area (TPSA) is 74.3 Å². The van der Waals surface area contributed by atoms with Gasteiger partial charge in [-0.25, -0.2) is 9.37 Å². The zero-order chi connectivity index (χ0) is 19.9. The summed E-state index contributed by atoms with van der Waals surface area (Å²) in [6, 6.07) is 3.11. The van der Waals surface area contributed by atoms with Gasteiger partial charge in [-0.15, -0.1) is 0 Å². The number of amides is 2. The van der Waals surface area contributed by atoms with Gasteiger partial charge >= 0.3 is 0 Å². The molecule has 2 aliphatic rings. The molecule has 3 rings (SSSR count). The zero-order valence-electron chi connectivity index (χ0n) is 16.6. The van der Waals surface area contributed by atoms with E-state index in [0.717, 1.165) is 38.8 Å². The molecule has 1 aliphatic heterocycles. The predicted octanol–water partition coefficient (Wildman–Crippen LogP) is 2.50. The van der Waals surface area contributed by atoms with Crippen LogP contribution in [0.2, 0.25) is 0 Å². The van der Waals surface area contributed by atoms with Crippen LogP contribution in [0.3, 0.4) is 0 Å². The Morgan fingerprint density at radius 3 is 2.71 bits per heavy atom. The first-order valence-electron chi connectivity index (χ1n) is 10.5. The molecule has 1 aromatic heterocycles. The molecule has 1 aliphatic carbocycles. The zero-order valence-corrected chi connectivity index (χ0v) is 16.6. The summed E-state index contributed by atoms with van der Waals surface area (Å²) in [6.07, 6.45) is 8.36. The van der Waals surface area contributed by atoms with Crippen LogP contribution in [0, 0.1) is 11.7 Å². The molecule has 0 unspecified atom stereocenters. The standard InChI is InChI=1S/C21H31FN4O2/c1-2-3-10-23-19(27)12-16-8-9-17(26(16)14-15-6-7-15)13-25-21(28)20-18(22)5-4-11-24-20/h4-5,11,15-17H,2-3,6-10,12-14H2,1H3,(H,23,27)(H,25,28)/t16-,17+/m1/s1. The lowest BCUT2D eigenvalue weighted by atomic mass is 10.1. The second-order valence-electron chi connectivity index (χ2n) is 7.98. The molecular formula is C21H31FN4O2. The average Bonchev–Trinajstić information content (AvgIpc) is 3.43. The molecule has 2 atom stereocenters. The van der Waals surface area contributed by atoms with Crippen LogP contribution < -0.4 is 10.6 Å². The molecule has 7 heteroatoms. The monoisotopic (exact) mass is 390 g/mol. The van der Waals surface area contributed by atoms with Crippen LogP contribution in [0.4, 0.5) is 4.39 Å². The number of rotatable bonds is 10. The van der Waals surface area contributed by atoms with Crippen molar-refractivity contribution in [2.45, 2.75) is 64.0 Å². The number of hydrogen-bond donors (Lipinski definition) is 2. The molecule has 2 N–H and O–H groups in total. The fourth-order valence-corrected chi connectivity index (χ4v) is 3.89. The summed E-state index contributed by atoms with van der Waals surface area (Å²) in [6.45, 7) is 4.27. The summed E-state index contributed by atoms with van der Waals surface area (Å²) in [5, 5.41) is 5.84. The van der Waals surface area contributed by atoms with E-state index in [1.54, 1.807) is 0 Å². The van der Waals surface area contributed by atoms with Gasteiger partial charge in [0.05, 0.1) is 0 Å². The normalized spacial score (nSPS) is 22.2. The van der Waals surface area contributed by atoms with Gasteiger partial charge in [-0.3, -0.25) is 14.5 Å². The van der Waals surface area contributed by atoms with E-state index in [1.807, 2.05) is 0 Å². The number of nitrogens with one attached hydrogen (secondary N) is 2. The molecule has 0 bridgehead atoms. The lowest BCUT2D eigenvalue weighted by molar-refractivity contribution is -0.122. The van der Waals surface area contributed by atoms with Gasteiger partial charge < -0.3 is 10.6 Å². The number of unbranched alkanes of at least 4 members (excludes halogenated alkanes) is 1. The highest BCUT2D eigenvalue weighted by Gasteiger charge is 2.38. The van der Waals surface area contributed by atoms with Crippen LogP contribution in [0.1, 0.15) is 62.4 Å². The number of aromatic nitrogens is 1. The molecule has 0 spiro atoms. The fraction of sp³-hybridized carbons (Fsp3) is 0.667. The number of likely N-dealkylation sites (tertiary alicyclic amines) is 1. The number of pyridine rings is 1. The van der Waals surface area contributed by atoms with E-state index in [4.69, 9.17) is 0 Å². The molecule has 1 saturated heterocycles. The average molecular weight is 391 g/mol. The smallest absolute Gasteiger partial charge is 0.272 e. The van der Waals surface area contributed by atoms with Gasteiger partial charge in [-0.2, -0.15) is 0 Å². The maximum atomic E-state index is 13.8. The van der Waals surface area contributed by atoms with E-state index in [-0.39, 0.29) is 23.7 Å². The molecule has 2 fully saturated rings. The van der Waals surface area contributed by atoms with Crippen LogP contribution in [0.15, 0.2) is 18.3 Å². The molecule has 1 saturated carbocycles. The Labute approximate surface area is 166 Å². The van der Waals surface area contributed by atoms with E-state index < -0.39 is 11.7 Å². The second-order valence-corrected chi connectivity index (χ2v) is 7.98. The first-order chi connectivity index (χ1) is 13.6. The minimum Gasteiger partial charge on any atom is -0.356 e. The highest BCUT2D eigenvalue weighted by atomic mass is 19.1. The van der Waals surface area contributed by atoms with Crippen molar-refractivity contribution in [1.29, 1.82) is 0 Å². The van der Waals surface area contributed by atoms with Crippen molar-refractivity contribution in [3.63, 3.8) is 0 Å². The molecule has 6 nitrogen and oxygen atoms in total. The third-order valence-electron chi connectivity index (χ3n) is 5.68. The predicted molar refractivity (Wildman–Crippen MR) is 105 cm³/mol. The van der Waals surface area contributed by atoms with Gasteiger partial charge in [-0.05, 0) is 50.2 Å². The summed E-state index contributed by atoms with van der Waals surface area (Å²) < 4.78 is 13.8. The Kier molecular flexibility index (Phi) is 7.36. The lowest BCUT2D eigenvalue weighted by Crippen LogP contribution is -2.45. The van der Waals surface area contributed by atoms with E-state index in [9.17, 15) is 14.0 Å². The molecular weight excluding hydrogens is 359 g/mol. The molecule has 1 aromatic rings. The highest BCUT2D eigenvalue weighted by molar-refractivity contribution is 5.92. The fourth-order valence-electron chi connectivity index (χ4n) is 3.89. The van der Waals surface area contributed by atoms with Gasteiger partial charge in [-0.1, -0.05) is 13.3 Å². The summed E-state index contributed by atoms with van der Waals surface area (Å²) >= 11 is 0. The Bertz CT molecular complexity index is 680. The Morgan fingerprint density at radius 2 is 2.00 bits per heavy atom. The van der Waals surface area contributed by atoms with Gasteiger partial charge in [0, 0.05) is 44.3 Å². The van der Waals surface area contributed by atoms with Crippen LogP contribution in [-0.4, -0.2) is 53.4 Å². The number of hydrogen-bond acceptors (Lipinski definition) is 4. The van der Waals surface area contributed by atoms with Gasteiger partial charge in [0.1, 0.15) is 0 Å². The number of nitrogens with zero attached hydrogens (tertiary/aromatic N) is 2. The summed E-state index contributed by atoms with van der Waals surface area (Å²) in [4.78, 5) is 30.8. The number of carbonyl (C=O) groups is 2. The Morgan fingerprint density at radius 1 is 1.21 bits per heavy atom. The molecule has 0 aromatic carbocycles. The molecule has 2 amide bonds. The van der Waals surface area contributed by atoms with Crippen molar-refractivity contribution in [3.8, 4) is 0 Å². The Balaban J connectivity index is 1.54. The largest absolute Gasteiger partial charge is 0.356 e. The van der Waals surface area contributed by atoms with Gasteiger partial charge in [0.25, 0.3) is 5.91 Å². The van der Waals surface area contributed by atoms with Crippen molar-refractivity contribution < 1.29 is 14.0 Å². The SMILES string of the molecule is CCCCNC(=O)C[C@H]1CC[C@@H](CNC(=O)c2ncccc2F)N1CC1CC1. The highest BCUT2D eigenvalue weighted by Crippen LogP contribution is 2.35. The summed E-state index contributed by atoms with van der Waals surface area (Å²) in [7, 11) is 0. The lowest BCUT2D eigenvalue weighted by Gasteiger charge is -2.30. The first-order valence-corrected chi connectivity index (χ1v) is 10.5. The minimum atomic E-state index is -0.608. The van der Waals surface area contributed by atoms with E-state index >= 15 is 0 Å². The molecule has 0 radical (unpaired) electrons. The minimum absolute atomic E-state index is 0.111. The van der Waals surface area contributed by atoms with Crippen LogP contribution >= 0.6 is 0 Å². The van der Waals surface area contributed by atoms with Crippen LogP contribution in [0.5, 0.6) is 0 Å². The van der Waals surface area contributed by atoms with E-state index in [2.05, 4.69) is 27.4 Å². The molecule has 154 valence electrons. The maximum Gasteiger partial charge on any atom is 0.272 e. The number of halogens is 1. The van der Waals surface area contributed by atoms with E-state index in [0.29, 0.717) is 18.9 Å². The third-order valence-corrected chi connectivity index (χ3v) is 5.68. The third kappa shape index (κ3) is 5.74. The van der Waals surface area contributed by atoms with Crippen LogP contribution in [0.25, 0.3) is 0 Å².